The van der Waals surface area contributed by atoms with E-state index in [1.54, 1.807) is 24.5 Å². The van der Waals surface area contributed by atoms with E-state index < -0.39 is 0 Å². The third-order valence-corrected chi connectivity index (χ3v) is 4.98. The summed E-state index contributed by atoms with van der Waals surface area (Å²) in [6.07, 6.45) is 3.94. The van der Waals surface area contributed by atoms with Crippen LogP contribution in [0.3, 0.4) is 0 Å². The number of carbonyl (C=O) groups excluding carboxylic acids is 1. The maximum atomic E-state index is 12.3. The molecule has 0 aliphatic heterocycles. The zero-order valence-corrected chi connectivity index (χ0v) is 16.3. The summed E-state index contributed by atoms with van der Waals surface area (Å²) in [6, 6.07) is 13.2. The van der Waals surface area contributed by atoms with Gasteiger partial charge in [-0.15, -0.1) is 11.3 Å². The van der Waals surface area contributed by atoms with Crippen molar-refractivity contribution in [1.82, 2.24) is 9.38 Å². The summed E-state index contributed by atoms with van der Waals surface area (Å²) in [7, 11) is 1.58. The van der Waals surface area contributed by atoms with Gasteiger partial charge >= 0.3 is 0 Å². The summed E-state index contributed by atoms with van der Waals surface area (Å²) < 4.78 is 12.9. The smallest absolute Gasteiger partial charge is 0.262 e. The Morgan fingerprint density at radius 2 is 2.11 bits per heavy atom. The Balaban J connectivity index is 1.43. The van der Waals surface area contributed by atoms with E-state index in [1.807, 2.05) is 65.5 Å². The van der Waals surface area contributed by atoms with Crippen molar-refractivity contribution in [2.75, 3.05) is 19.0 Å². The maximum Gasteiger partial charge on any atom is 0.262 e. The molecular formula is C21H19N3O3S. The average molecular weight is 393 g/mol. The molecule has 0 aliphatic carbocycles. The van der Waals surface area contributed by atoms with Crippen LogP contribution in [0.25, 0.3) is 16.2 Å². The molecule has 0 saturated carbocycles. The average Bonchev–Trinajstić information content (AvgIpc) is 3.29. The Kier molecular flexibility index (Phi) is 4.99. The number of nitrogens with one attached hydrogen (secondary N) is 1. The number of thiazole rings is 1. The van der Waals surface area contributed by atoms with Crippen molar-refractivity contribution in [3.8, 4) is 22.8 Å². The number of hydrogen-bond donors (Lipinski definition) is 1. The summed E-state index contributed by atoms with van der Waals surface area (Å²) in [5.41, 5.74) is 3.56. The number of anilines is 1. The number of hydrogen-bond acceptors (Lipinski definition) is 5. The predicted molar refractivity (Wildman–Crippen MR) is 110 cm³/mol. The minimum atomic E-state index is -0.245. The van der Waals surface area contributed by atoms with Crippen LogP contribution in [0, 0.1) is 6.92 Å². The summed E-state index contributed by atoms with van der Waals surface area (Å²) in [5, 5.41) is 4.85. The molecule has 0 radical (unpaired) electrons. The molecule has 2 heterocycles. The van der Waals surface area contributed by atoms with E-state index in [2.05, 4.69) is 10.3 Å². The largest absolute Gasteiger partial charge is 0.493 e. The lowest BCUT2D eigenvalue weighted by Crippen LogP contribution is -2.20. The molecule has 4 aromatic rings. The van der Waals surface area contributed by atoms with Gasteiger partial charge in [-0.05, 0) is 36.8 Å². The number of ether oxygens (including phenoxy) is 2. The number of methoxy groups -OCH3 is 1. The number of benzene rings is 2. The van der Waals surface area contributed by atoms with E-state index in [4.69, 9.17) is 9.47 Å². The number of amides is 1. The number of carbonyl (C=O) groups is 1. The molecule has 0 bridgehead atoms. The molecular weight excluding hydrogens is 374 g/mol. The van der Waals surface area contributed by atoms with Crippen molar-refractivity contribution >= 4 is 27.9 Å². The quantitative estimate of drug-likeness (QED) is 0.527. The molecule has 0 saturated heterocycles. The first-order valence-corrected chi connectivity index (χ1v) is 9.60. The second kappa shape index (κ2) is 7.74. The Morgan fingerprint density at radius 3 is 2.93 bits per heavy atom. The van der Waals surface area contributed by atoms with Crippen molar-refractivity contribution < 1.29 is 14.3 Å². The number of nitrogens with zero attached hydrogens (tertiary/aromatic N) is 2. The summed E-state index contributed by atoms with van der Waals surface area (Å²) in [5.74, 6) is 0.898. The number of fused-ring (bicyclic) bond motifs is 1. The van der Waals surface area contributed by atoms with Crippen molar-refractivity contribution in [2.45, 2.75) is 6.92 Å². The van der Waals surface area contributed by atoms with Crippen molar-refractivity contribution in [3.05, 3.63) is 65.8 Å². The van der Waals surface area contributed by atoms with Gasteiger partial charge in [0.1, 0.15) is 0 Å². The second-order valence-electron chi connectivity index (χ2n) is 6.29. The lowest BCUT2D eigenvalue weighted by Gasteiger charge is -2.11. The monoisotopic (exact) mass is 393 g/mol. The van der Waals surface area contributed by atoms with Crippen molar-refractivity contribution in [2.24, 2.45) is 0 Å². The molecule has 28 heavy (non-hydrogen) atoms. The van der Waals surface area contributed by atoms with Gasteiger partial charge in [0.25, 0.3) is 5.91 Å². The highest BCUT2D eigenvalue weighted by atomic mass is 32.1. The van der Waals surface area contributed by atoms with Gasteiger partial charge in [0.05, 0.1) is 12.8 Å². The maximum absolute atomic E-state index is 12.3. The van der Waals surface area contributed by atoms with Gasteiger partial charge in [0, 0.05) is 29.0 Å². The molecule has 2 aromatic carbocycles. The number of aromatic nitrogens is 2. The fourth-order valence-electron chi connectivity index (χ4n) is 2.86. The first-order valence-electron chi connectivity index (χ1n) is 8.72. The molecule has 6 nitrogen and oxygen atoms in total. The predicted octanol–water partition coefficient (Wildman–Crippen LogP) is 4.40. The summed E-state index contributed by atoms with van der Waals surface area (Å²) in [6.45, 7) is 1.86. The third-order valence-electron chi connectivity index (χ3n) is 4.21. The van der Waals surface area contributed by atoms with Crippen LogP contribution in [0.4, 0.5) is 5.69 Å². The standard InChI is InChI=1S/C21H19N3O3S/c1-14-6-7-18(19(10-14)26-2)27-13-20(25)22-16-5-3-4-15(11-16)17-12-24-8-9-28-21(24)23-17/h3-12H,13H2,1-2H3,(H,22,25). The topological polar surface area (TPSA) is 64.9 Å². The molecule has 2 aromatic heterocycles. The Labute approximate surface area is 166 Å². The summed E-state index contributed by atoms with van der Waals surface area (Å²) in [4.78, 5) is 17.8. The highest BCUT2D eigenvalue weighted by molar-refractivity contribution is 7.15. The van der Waals surface area contributed by atoms with E-state index >= 15 is 0 Å². The van der Waals surface area contributed by atoms with E-state index in [-0.39, 0.29) is 12.5 Å². The second-order valence-corrected chi connectivity index (χ2v) is 7.16. The molecule has 0 aliphatic rings. The Morgan fingerprint density at radius 1 is 1.21 bits per heavy atom. The van der Waals surface area contributed by atoms with Crippen LogP contribution in [0.15, 0.2) is 60.2 Å². The van der Waals surface area contributed by atoms with Crippen LogP contribution < -0.4 is 14.8 Å². The van der Waals surface area contributed by atoms with Crippen LogP contribution in [0.1, 0.15) is 5.56 Å². The highest BCUT2D eigenvalue weighted by Crippen LogP contribution is 2.28. The van der Waals surface area contributed by atoms with Gasteiger partial charge in [-0.1, -0.05) is 18.2 Å². The summed E-state index contributed by atoms with van der Waals surface area (Å²) >= 11 is 1.58. The molecule has 1 N–H and O–H groups in total. The van der Waals surface area contributed by atoms with Crippen LogP contribution >= 0.6 is 11.3 Å². The minimum absolute atomic E-state index is 0.107. The molecule has 7 heteroatoms. The van der Waals surface area contributed by atoms with E-state index in [0.29, 0.717) is 17.2 Å². The van der Waals surface area contributed by atoms with E-state index in [9.17, 15) is 4.79 Å². The van der Waals surface area contributed by atoms with Gasteiger partial charge < -0.3 is 14.8 Å². The number of rotatable bonds is 6. The van der Waals surface area contributed by atoms with E-state index in [1.165, 1.54) is 0 Å². The third kappa shape index (κ3) is 3.84. The molecule has 0 unspecified atom stereocenters. The molecule has 0 atom stereocenters. The van der Waals surface area contributed by atoms with Crippen LogP contribution in [0.5, 0.6) is 11.5 Å². The number of aryl methyl sites for hydroxylation is 1. The zero-order valence-electron chi connectivity index (χ0n) is 15.5. The zero-order chi connectivity index (χ0) is 19.5. The number of imidazole rings is 1. The van der Waals surface area contributed by atoms with Crippen LogP contribution in [-0.4, -0.2) is 29.0 Å². The van der Waals surface area contributed by atoms with Gasteiger partial charge in [0.15, 0.2) is 23.1 Å². The molecule has 142 valence electrons. The van der Waals surface area contributed by atoms with E-state index in [0.717, 1.165) is 21.8 Å². The van der Waals surface area contributed by atoms with Gasteiger partial charge in [-0.3, -0.25) is 9.20 Å². The lowest BCUT2D eigenvalue weighted by atomic mass is 10.1. The van der Waals surface area contributed by atoms with Gasteiger partial charge in [0.2, 0.25) is 0 Å². The Bertz CT molecular complexity index is 1100. The van der Waals surface area contributed by atoms with Gasteiger partial charge in [-0.25, -0.2) is 4.98 Å². The molecule has 0 spiro atoms. The molecule has 4 rings (SSSR count). The van der Waals surface area contributed by atoms with Crippen molar-refractivity contribution in [3.63, 3.8) is 0 Å². The van der Waals surface area contributed by atoms with Gasteiger partial charge in [-0.2, -0.15) is 0 Å². The molecule has 0 fully saturated rings. The fourth-order valence-corrected chi connectivity index (χ4v) is 3.56. The normalized spacial score (nSPS) is 10.8. The lowest BCUT2D eigenvalue weighted by molar-refractivity contribution is -0.118. The SMILES string of the molecule is COc1cc(C)ccc1OCC(=O)Nc1cccc(-c2cn3ccsc3n2)c1. The first kappa shape index (κ1) is 18.1. The Hall–Kier alpha value is -3.32. The first-order chi connectivity index (χ1) is 13.6. The van der Waals surface area contributed by atoms with Crippen molar-refractivity contribution in [1.29, 1.82) is 0 Å². The highest BCUT2D eigenvalue weighted by Gasteiger charge is 2.10. The van der Waals surface area contributed by atoms with Crippen LogP contribution in [0.2, 0.25) is 0 Å². The van der Waals surface area contributed by atoms with Crippen LogP contribution in [-0.2, 0) is 4.79 Å². The molecule has 1 amide bonds. The minimum Gasteiger partial charge on any atom is -0.493 e. The fraction of sp³-hybridized carbons (Fsp3) is 0.143.